The molecule has 0 bridgehead atoms. The molecule has 8 heavy (non-hydrogen) atoms. The second-order valence-corrected chi connectivity index (χ2v) is 1.34. The van der Waals surface area contributed by atoms with Gasteiger partial charge >= 0.3 is 0 Å². The average Bonchev–Trinajstić information content (AvgIpc) is 1.84. The van der Waals surface area contributed by atoms with E-state index in [2.05, 4.69) is 0 Å². The fraction of sp³-hybridized carbons (Fsp3) is 0.750. The summed E-state index contributed by atoms with van der Waals surface area (Å²) in [6, 6.07) is 0. The molecule has 0 unspecified atom stereocenters. The molecule has 0 heterocycles. The third-order valence-corrected chi connectivity index (χ3v) is 0.796. The quantitative estimate of drug-likeness (QED) is 0.269. The Bertz CT molecular complexity index is 84.1. The van der Waals surface area contributed by atoms with E-state index in [1.807, 2.05) is 0 Å². The van der Waals surface area contributed by atoms with Gasteiger partial charge in [-0.2, -0.15) is 0 Å². The number of likely N-dealkylation sites (N-methyl/N-ethyl adjacent to an activating group) is 1. The van der Waals surface area contributed by atoms with E-state index in [0.717, 1.165) is 5.01 Å². The van der Waals surface area contributed by atoms with Crippen LogP contribution < -0.4 is 5.84 Å². The smallest absolute Gasteiger partial charge is 0.262 e. The zero-order valence-corrected chi connectivity index (χ0v) is 4.79. The lowest BCUT2D eigenvalue weighted by Crippen LogP contribution is -2.38. The van der Waals surface area contributed by atoms with E-state index in [1.165, 1.54) is 0 Å². The van der Waals surface area contributed by atoms with Crippen molar-refractivity contribution in [1.29, 1.82) is 0 Å². The Morgan fingerprint density at radius 3 is 2.50 bits per heavy atom. The van der Waals surface area contributed by atoms with E-state index in [4.69, 9.17) is 10.9 Å². The van der Waals surface area contributed by atoms with Crippen LogP contribution in [0.3, 0.4) is 0 Å². The van der Waals surface area contributed by atoms with Gasteiger partial charge in [0, 0.05) is 6.54 Å². The van der Waals surface area contributed by atoms with Crippen LogP contribution in [0.5, 0.6) is 0 Å². The Balaban J connectivity index is 3.46. The Morgan fingerprint density at radius 2 is 2.38 bits per heavy atom. The van der Waals surface area contributed by atoms with Gasteiger partial charge in [-0.3, -0.25) is 9.80 Å². The van der Waals surface area contributed by atoms with Crippen LogP contribution in [0.25, 0.3) is 0 Å². The Hall–Kier alpha value is -0.610. The summed E-state index contributed by atoms with van der Waals surface area (Å²) in [5.41, 5.74) is 0. The lowest BCUT2D eigenvalue weighted by molar-refractivity contribution is -0.134. The van der Waals surface area contributed by atoms with Gasteiger partial charge in [0.2, 0.25) is 0 Å². The largest absolute Gasteiger partial charge is 0.386 e. The van der Waals surface area contributed by atoms with Gasteiger partial charge in [-0.15, -0.1) is 0 Å². The molecule has 48 valence electrons. The average molecular weight is 118 g/mol. The summed E-state index contributed by atoms with van der Waals surface area (Å²) in [4.78, 5) is 10.3. The molecule has 3 N–H and O–H groups in total. The number of nitrogens with two attached hydrogens (primary N) is 1. The highest BCUT2D eigenvalue weighted by Crippen LogP contribution is 1.74. The second-order valence-electron chi connectivity index (χ2n) is 1.34. The molecule has 0 aliphatic rings. The topological polar surface area (TPSA) is 66.6 Å². The number of aliphatic hydroxyl groups excluding tert-OH is 1. The first kappa shape index (κ1) is 7.39. The van der Waals surface area contributed by atoms with Gasteiger partial charge in [-0.25, -0.2) is 5.84 Å². The van der Waals surface area contributed by atoms with Crippen molar-refractivity contribution in [3.05, 3.63) is 0 Å². The molecule has 0 aliphatic heterocycles. The predicted molar refractivity (Wildman–Crippen MR) is 28.7 cm³/mol. The maximum Gasteiger partial charge on any atom is 0.262 e. The van der Waals surface area contributed by atoms with Gasteiger partial charge in [0.15, 0.2) is 0 Å². The van der Waals surface area contributed by atoms with Crippen LogP contribution in [0.2, 0.25) is 0 Å². The van der Waals surface area contributed by atoms with E-state index in [0.29, 0.717) is 6.54 Å². The highest BCUT2D eigenvalue weighted by atomic mass is 16.3. The maximum absolute atomic E-state index is 10.3. The molecule has 0 atom stereocenters. The molecule has 0 fully saturated rings. The normalized spacial score (nSPS) is 8.88. The Kier molecular flexibility index (Phi) is 3.14. The van der Waals surface area contributed by atoms with Crippen molar-refractivity contribution in [1.82, 2.24) is 5.01 Å². The van der Waals surface area contributed by atoms with Crippen LogP contribution in [0, 0.1) is 0 Å². The summed E-state index contributed by atoms with van der Waals surface area (Å²) < 4.78 is 0. The molecule has 0 aliphatic carbocycles. The van der Waals surface area contributed by atoms with Gasteiger partial charge < -0.3 is 5.11 Å². The van der Waals surface area contributed by atoms with Crippen molar-refractivity contribution >= 4 is 5.91 Å². The van der Waals surface area contributed by atoms with E-state index in [9.17, 15) is 4.79 Å². The number of carbonyl (C=O) groups is 1. The first-order chi connectivity index (χ1) is 3.72. The first-order valence-electron chi connectivity index (χ1n) is 2.38. The summed E-state index contributed by atoms with van der Waals surface area (Å²) in [5.74, 6) is 4.60. The monoisotopic (exact) mass is 118 g/mol. The molecule has 0 aromatic rings. The van der Waals surface area contributed by atoms with Crippen LogP contribution in [-0.4, -0.2) is 29.2 Å². The minimum Gasteiger partial charge on any atom is -0.386 e. The summed E-state index contributed by atoms with van der Waals surface area (Å²) >= 11 is 0. The van der Waals surface area contributed by atoms with Crippen LogP contribution in [0.4, 0.5) is 0 Å². The fourth-order valence-electron chi connectivity index (χ4n) is 0.267. The molecule has 0 rings (SSSR count). The molecule has 0 aromatic heterocycles. The van der Waals surface area contributed by atoms with E-state index in [1.54, 1.807) is 6.92 Å². The molecule has 4 heteroatoms. The number of carbonyl (C=O) groups excluding carboxylic acids is 1. The third kappa shape index (κ3) is 1.90. The Morgan fingerprint density at radius 1 is 1.88 bits per heavy atom. The number of nitrogens with zero attached hydrogens (tertiary/aromatic N) is 1. The van der Waals surface area contributed by atoms with Gasteiger partial charge in [0.05, 0.1) is 0 Å². The van der Waals surface area contributed by atoms with Crippen molar-refractivity contribution in [2.45, 2.75) is 6.92 Å². The van der Waals surface area contributed by atoms with Gasteiger partial charge in [0.25, 0.3) is 5.91 Å². The van der Waals surface area contributed by atoms with E-state index < -0.39 is 12.5 Å². The second kappa shape index (κ2) is 3.40. The van der Waals surface area contributed by atoms with Crippen molar-refractivity contribution in [3.63, 3.8) is 0 Å². The van der Waals surface area contributed by atoms with Crippen LogP contribution >= 0.6 is 0 Å². The SMILES string of the molecule is CCN(N)C(=O)CO. The maximum atomic E-state index is 10.3. The number of amides is 1. The first-order valence-corrected chi connectivity index (χ1v) is 2.38. The Labute approximate surface area is 47.9 Å². The van der Waals surface area contributed by atoms with Crippen LogP contribution in [0.15, 0.2) is 0 Å². The van der Waals surface area contributed by atoms with Gasteiger partial charge in [-0.05, 0) is 6.92 Å². The molecule has 0 radical (unpaired) electrons. The highest BCUT2D eigenvalue weighted by molar-refractivity contribution is 5.76. The molecule has 0 aromatic carbocycles. The molecule has 1 amide bonds. The molecule has 0 saturated heterocycles. The lowest BCUT2D eigenvalue weighted by Gasteiger charge is -2.10. The number of hydrazine groups is 1. The minimum atomic E-state index is -0.510. The number of hydrogen-bond acceptors (Lipinski definition) is 3. The van der Waals surface area contributed by atoms with Gasteiger partial charge in [0.1, 0.15) is 6.61 Å². The molecular formula is C4H10N2O2. The minimum absolute atomic E-state index is 0.430. The number of hydrogen-bond donors (Lipinski definition) is 2. The summed E-state index contributed by atoms with van der Waals surface area (Å²) in [5, 5.41) is 9.12. The van der Waals surface area contributed by atoms with Crippen molar-refractivity contribution in [2.75, 3.05) is 13.2 Å². The fourth-order valence-corrected chi connectivity index (χ4v) is 0.267. The zero-order chi connectivity index (χ0) is 6.57. The third-order valence-electron chi connectivity index (χ3n) is 0.796. The standard InChI is InChI=1S/C4H10N2O2/c1-2-6(5)4(8)3-7/h7H,2-3,5H2,1H3. The van der Waals surface area contributed by atoms with Gasteiger partial charge in [-0.1, -0.05) is 0 Å². The number of aliphatic hydroxyl groups is 1. The van der Waals surface area contributed by atoms with Crippen molar-refractivity contribution < 1.29 is 9.90 Å². The van der Waals surface area contributed by atoms with Crippen LogP contribution in [0.1, 0.15) is 6.92 Å². The molecule has 0 saturated carbocycles. The van der Waals surface area contributed by atoms with E-state index >= 15 is 0 Å². The summed E-state index contributed by atoms with van der Waals surface area (Å²) in [6.07, 6.45) is 0. The zero-order valence-electron chi connectivity index (χ0n) is 4.79. The lowest BCUT2D eigenvalue weighted by atomic mass is 10.6. The molecule has 0 spiro atoms. The predicted octanol–water partition coefficient (Wildman–Crippen LogP) is -1.30. The molecular weight excluding hydrogens is 108 g/mol. The summed E-state index contributed by atoms with van der Waals surface area (Å²) in [6.45, 7) is 1.65. The highest BCUT2D eigenvalue weighted by Gasteiger charge is 2.01. The van der Waals surface area contributed by atoms with Crippen molar-refractivity contribution in [2.24, 2.45) is 5.84 Å². The summed E-state index contributed by atoms with van der Waals surface area (Å²) in [7, 11) is 0. The number of rotatable bonds is 2. The van der Waals surface area contributed by atoms with Crippen molar-refractivity contribution in [3.8, 4) is 0 Å². The molecule has 4 nitrogen and oxygen atoms in total. The van der Waals surface area contributed by atoms with E-state index in [-0.39, 0.29) is 0 Å². The van der Waals surface area contributed by atoms with Crippen LogP contribution in [-0.2, 0) is 4.79 Å².